The molecule has 0 saturated heterocycles. The topological polar surface area (TPSA) is 77.8 Å². The summed E-state index contributed by atoms with van der Waals surface area (Å²) in [4.78, 5) is 9.73. The van der Waals surface area contributed by atoms with Crippen LogP contribution in [0.15, 0.2) is 35.0 Å². The molecule has 0 fully saturated rings. The fourth-order valence-corrected chi connectivity index (χ4v) is 2.59. The number of aromatic nitrogens is 3. The van der Waals surface area contributed by atoms with E-state index in [0.717, 1.165) is 12.0 Å². The summed E-state index contributed by atoms with van der Waals surface area (Å²) in [7, 11) is 0. The largest absolute Gasteiger partial charge is 0.390 e. The van der Waals surface area contributed by atoms with E-state index in [0.29, 0.717) is 22.4 Å². The molecule has 96 valence electrons. The van der Waals surface area contributed by atoms with Crippen molar-refractivity contribution in [1.29, 1.82) is 0 Å². The quantitative estimate of drug-likeness (QED) is 0.793. The Morgan fingerprint density at radius 2 is 2.26 bits per heavy atom. The first kappa shape index (κ1) is 11.9. The summed E-state index contributed by atoms with van der Waals surface area (Å²) in [6.45, 7) is 2.09. The van der Waals surface area contributed by atoms with Crippen molar-refractivity contribution in [2.24, 2.45) is 0 Å². The van der Waals surface area contributed by atoms with Crippen LogP contribution < -0.4 is 5.73 Å². The third-order valence-corrected chi connectivity index (χ3v) is 3.82. The van der Waals surface area contributed by atoms with Crippen LogP contribution in [0.3, 0.4) is 0 Å². The Morgan fingerprint density at radius 3 is 2.95 bits per heavy atom. The van der Waals surface area contributed by atoms with E-state index in [1.807, 2.05) is 24.3 Å². The van der Waals surface area contributed by atoms with Gasteiger partial charge in [-0.05, 0) is 24.6 Å². The Labute approximate surface area is 114 Å². The molecule has 0 bridgehead atoms. The lowest BCUT2D eigenvalue weighted by molar-refractivity contribution is 0.432. The highest BCUT2D eigenvalue weighted by molar-refractivity contribution is 7.16. The Bertz CT molecular complexity index is 690. The summed E-state index contributed by atoms with van der Waals surface area (Å²) in [5, 5.41) is 4.64. The fraction of sp³-hybridized carbons (Fsp3) is 0.154. The zero-order valence-electron chi connectivity index (χ0n) is 10.3. The van der Waals surface area contributed by atoms with Crippen molar-refractivity contribution in [1.82, 2.24) is 15.1 Å². The molecule has 0 aliphatic rings. The van der Waals surface area contributed by atoms with Crippen molar-refractivity contribution in [3.05, 3.63) is 35.3 Å². The lowest BCUT2D eigenvalue weighted by Gasteiger charge is -1.90. The van der Waals surface area contributed by atoms with Crippen molar-refractivity contribution in [3.8, 4) is 23.0 Å². The standard InChI is InChI=1S/C13H12N4OS/c1-2-8-7-9(11(14)19-8)13-16-12(17-18-13)10-5-3-4-6-15-10/h3-7H,2,14H2,1H3. The lowest BCUT2D eigenvalue weighted by Crippen LogP contribution is -1.85. The van der Waals surface area contributed by atoms with Crippen molar-refractivity contribution in [2.75, 3.05) is 5.73 Å². The predicted molar refractivity (Wildman–Crippen MR) is 74.6 cm³/mol. The Kier molecular flexibility index (Phi) is 3.00. The highest BCUT2D eigenvalue weighted by atomic mass is 32.1. The lowest BCUT2D eigenvalue weighted by atomic mass is 10.2. The number of anilines is 1. The summed E-state index contributed by atoms with van der Waals surface area (Å²) < 4.78 is 5.27. The van der Waals surface area contributed by atoms with Crippen LogP contribution >= 0.6 is 11.3 Å². The van der Waals surface area contributed by atoms with Crippen molar-refractivity contribution in [2.45, 2.75) is 13.3 Å². The number of hydrogen-bond donors (Lipinski definition) is 1. The zero-order chi connectivity index (χ0) is 13.2. The number of pyridine rings is 1. The highest BCUT2D eigenvalue weighted by Crippen LogP contribution is 2.33. The average molecular weight is 272 g/mol. The van der Waals surface area contributed by atoms with Gasteiger partial charge in [-0.3, -0.25) is 4.98 Å². The number of nitrogen functional groups attached to an aromatic ring is 1. The maximum atomic E-state index is 5.97. The summed E-state index contributed by atoms with van der Waals surface area (Å²) in [6, 6.07) is 7.56. The van der Waals surface area contributed by atoms with E-state index in [-0.39, 0.29) is 0 Å². The maximum Gasteiger partial charge on any atom is 0.261 e. The van der Waals surface area contributed by atoms with Gasteiger partial charge in [-0.15, -0.1) is 11.3 Å². The van der Waals surface area contributed by atoms with Crippen molar-refractivity contribution >= 4 is 16.3 Å². The van der Waals surface area contributed by atoms with Gasteiger partial charge in [-0.25, -0.2) is 0 Å². The third kappa shape index (κ3) is 2.22. The molecule has 19 heavy (non-hydrogen) atoms. The van der Waals surface area contributed by atoms with E-state index in [1.165, 1.54) is 4.88 Å². The molecule has 0 spiro atoms. The molecule has 0 aliphatic heterocycles. The smallest absolute Gasteiger partial charge is 0.261 e. The molecule has 6 heteroatoms. The molecule has 0 amide bonds. The van der Waals surface area contributed by atoms with Crippen LogP contribution in [-0.4, -0.2) is 15.1 Å². The average Bonchev–Trinajstić information content (AvgIpc) is 3.06. The maximum absolute atomic E-state index is 5.97. The van der Waals surface area contributed by atoms with Crippen LogP contribution in [0.2, 0.25) is 0 Å². The van der Waals surface area contributed by atoms with E-state index < -0.39 is 0 Å². The molecule has 0 aliphatic carbocycles. The van der Waals surface area contributed by atoms with Crippen LogP contribution in [0.5, 0.6) is 0 Å². The van der Waals surface area contributed by atoms with Gasteiger partial charge in [0, 0.05) is 11.1 Å². The SMILES string of the molecule is CCc1cc(-c2nc(-c3ccccn3)no2)c(N)s1. The molecule has 0 unspecified atom stereocenters. The van der Waals surface area contributed by atoms with Crippen LogP contribution in [0.25, 0.3) is 23.0 Å². The molecule has 0 radical (unpaired) electrons. The molecule has 2 N–H and O–H groups in total. The molecule has 3 rings (SSSR count). The number of thiophene rings is 1. The number of nitrogens with zero attached hydrogens (tertiary/aromatic N) is 3. The van der Waals surface area contributed by atoms with Crippen LogP contribution in [0.4, 0.5) is 5.00 Å². The molecule has 0 atom stereocenters. The zero-order valence-corrected chi connectivity index (χ0v) is 11.1. The first-order valence-corrected chi connectivity index (χ1v) is 6.73. The van der Waals surface area contributed by atoms with E-state index >= 15 is 0 Å². The van der Waals surface area contributed by atoms with Gasteiger partial charge in [0.15, 0.2) is 0 Å². The molecule has 3 heterocycles. The third-order valence-electron chi connectivity index (χ3n) is 2.71. The minimum atomic E-state index is 0.439. The molecular formula is C13H12N4OS. The summed E-state index contributed by atoms with van der Waals surface area (Å²) >= 11 is 1.55. The molecular weight excluding hydrogens is 260 g/mol. The second kappa shape index (κ2) is 4.81. The van der Waals surface area contributed by atoms with E-state index in [1.54, 1.807) is 17.5 Å². The van der Waals surface area contributed by atoms with Gasteiger partial charge in [0.1, 0.15) is 5.69 Å². The molecule has 3 aromatic rings. The van der Waals surface area contributed by atoms with Gasteiger partial charge >= 0.3 is 0 Å². The van der Waals surface area contributed by atoms with E-state index in [4.69, 9.17) is 10.3 Å². The molecule has 0 aromatic carbocycles. The normalized spacial score (nSPS) is 10.8. The van der Waals surface area contributed by atoms with Crippen LogP contribution in [0.1, 0.15) is 11.8 Å². The Hall–Kier alpha value is -2.21. The molecule has 5 nitrogen and oxygen atoms in total. The Morgan fingerprint density at radius 1 is 1.37 bits per heavy atom. The molecule has 3 aromatic heterocycles. The first-order chi connectivity index (χ1) is 9.28. The predicted octanol–water partition coefficient (Wildman–Crippen LogP) is 3.00. The molecule has 0 saturated carbocycles. The van der Waals surface area contributed by atoms with Gasteiger partial charge in [0.25, 0.3) is 5.89 Å². The first-order valence-electron chi connectivity index (χ1n) is 5.91. The van der Waals surface area contributed by atoms with Crippen molar-refractivity contribution in [3.63, 3.8) is 0 Å². The van der Waals surface area contributed by atoms with Crippen LogP contribution in [-0.2, 0) is 6.42 Å². The van der Waals surface area contributed by atoms with E-state index in [9.17, 15) is 0 Å². The number of nitrogens with two attached hydrogens (primary N) is 1. The number of aryl methyl sites for hydroxylation is 1. The second-order valence-corrected chi connectivity index (χ2v) is 5.15. The minimum Gasteiger partial charge on any atom is -0.390 e. The second-order valence-electron chi connectivity index (χ2n) is 3.98. The van der Waals surface area contributed by atoms with Gasteiger partial charge < -0.3 is 10.3 Å². The minimum absolute atomic E-state index is 0.439. The van der Waals surface area contributed by atoms with Gasteiger partial charge in [-0.2, -0.15) is 4.98 Å². The highest BCUT2D eigenvalue weighted by Gasteiger charge is 2.16. The number of rotatable bonds is 3. The van der Waals surface area contributed by atoms with Crippen LogP contribution in [0, 0.1) is 0 Å². The Balaban J connectivity index is 1.99. The van der Waals surface area contributed by atoms with Gasteiger partial charge in [0.2, 0.25) is 5.82 Å². The summed E-state index contributed by atoms with van der Waals surface area (Å²) in [5.41, 5.74) is 7.46. The van der Waals surface area contributed by atoms with Gasteiger partial charge in [-0.1, -0.05) is 18.1 Å². The van der Waals surface area contributed by atoms with E-state index in [2.05, 4.69) is 22.0 Å². The van der Waals surface area contributed by atoms with Gasteiger partial charge in [0.05, 0.1) is 10.6 Å². The summed E-state index contributed by atoms with van der Waals surface area (Å²) in [5.74, 6) is 0.911. The van der Waals surface area contributed by atoms with Crippen molar-refractivity contribution < 1.29 is 4.52 Å². The summed E-state index contributed by atoms with van der Waals surface area (Å²) in [6.07, 6.45) is 2.63. The number of hydrogen-bond acceptors (Lipinski definition) is 6. The fourth-order valence-electron chi connectivity index (χ4n) is 1.73. The monoisotopic (exact) mass is 272 g/mol.